The van der Waals surface area contributed by atoms with Crippen LogP contribution in [0.5, 0.6) is 0 Å². The van der Waals surface area contributed by atoms with Crippen LogP contribution in [0.15, 0.2) is 42.5 Å². The minimum atomic E-state index is -0.736. The third-order valence-electron chi connectivity index (χ3n) is 3.82. The summed E-state index contributed by atoms with van der Waals surface area (Å²) in [6.45, 7) is 2.86. The maximum absolute atomic E-state index is 12.0. The highest BCUT2D eigenvalue weighted by atomic mass is 35.5. The number of rotatable bonds is 6. The van der Waals surface area contributed by atoms with Crippen LogP contribution in [0.2, 0.25) is 5.02 Å². The summed E-state index contributed by atoms with van der Waals surface area (Å²) in [6, 6.07) is 9.84. The summed E-state index contributed by atoms with van der Waals surface area (Å²) in [5.74, 6) is -1.41. The van der Waals surface area contributed by atoms with Crippen molar-refractivity contribution in [3.05, 3.63) is 74.3 Å². The molecule has 0 aliphatic rings. The van der Waals surface area contributed by atoms with Crippen molar-refractivity contribution in [1.82, 2.24) is 0 Å². The van der Waals surface area contributed by atoms with E-state index in [2.05, 4.69) is 5.32 Å². The number of anilines is 1. The van der Waals surface area contributed by atoms with Gasteiger partial charge >= 0.3 is 5.97 Å². The third-order valence-corrected chi connectivity index (χ3v) is 4.17. The highest BCUT2D eigenvalue weighted by molar-refractivity contribution is 6.32. The monoisotopic (exact) mass is 388 g/mol. The van der Waals surface area contributed by atoms with Gasteiger partial charge in [0, 0.05) is 17.2 Å². The predicted octanol–water partition coefficient (Wildman–Crippen LogP) is 4.06. The molecule has 27 heavy (non-hydrogen) atoms. The number of aryl methyl sites for hydroxylation is 1. The third kappa shape index (κ3) is 5.39. The molecule has 1 amide bonds. The molecule has 0 spiro atoms. The lowest BCUT2D eigenvalue weighted by Crippen LogP contribution is -2.21. The van der Waals surface area contributed by atoms with Crippen LogP contribution in [0.4, 0.5) is 11.4 Å². The van der Waals surface area contributed by atoms with Gasteiger partial charge in [0.05, 0.1) is 4.92 Å². The highest BCUT2D eigenvalue weighted by Crippen LogP contribution is 2.30. The molecular formula is C19H17ClN2O5. The molecular weight excluding hydrogens is 372 g/mol. The van der Waals surface area contributed by atoms with Crippen molar-refractivity contribution in [1.29, 1.82) is 0 Å². The number of nitro benzene ring substituents is 1. The molecule has 2 rings (SSSR count). The molecule has 0 aliphatic heterocycles. The topological polar surface area (TPSA) is 98.5 Å². The Labute approximate surface area is 160 Å². The van der Waals surface area contributed by atoms with E-state index in [-0.39, 0.29) is 11.4 Å². The summed E-state index contributed by atoms with van der Waals surface area (Å²) in [4.78, 5) is 34.3. The lowest BCUT2D eigenvalue weighted by molar-refractivity contribution is -0.384. The Morgan fingerprint density at radius 1 is 1.22 bits per heavy atom. The maximum atomic E-state index is 12.0. The summed E-state index contributed by atoms with van der Waals surface area (Å²) in [7, 11) is 0. The molecule has 0 unspecified atom stereocenters. The van der Waals surface area contributed by atoms with E-state index in [9.17, 15) is 19.7 Å². The van der Waals surface area contributed by atoms with Gasteiger partial charge in [-0.2, -0.15) is 0 Å². The van der Waals surface area contributed by atoms with Gasteiger partial charge in [-0.15, -0.1) is 0 Å². The molecule has 0 fully saturated rings. The number of carbonyl (C=O) groups excluding carboxylic acids is 2. The van der Waals surface area contributed by atoms with Gasteiger partial charge in [0.15, 0.2) is 6.61 Å². The largest absolute Gasteiger partial charge is 0.452 e. The second-order valence-corrected chi connectivity index (χ2v) is 6.08. The number of nitrogens with zero attached hydrogens (tertiary/aromatic N) is 1. The van der Waals surface area contributed by atoms with Gasteiger partial charge in [-0.05, 0) is 42.7 Å². The molecule has 0 saturated carbocycles. The Kier molecular flexibility index (Phi) is 6.67. The summed E-state index contributed by atoms with van der Waals surface area (Å²) in [5.41, 5.74) is 1.86. The molecule has 1 N–H and O–H groups in total. The molecule has 2 aromatic carbocycles. The number of hydrogen-bond acceptors (Lipinski definition) is 5. The molecule has 2 aromatic rings. The first-order chi connectivity index (χ1) is 12.8. The number of halogens is 1. The van der Waals surface area contributed by atoms with Crippen molar-refractivity contribution in [2.75, 3.05) is 11.9 Å². The Morgan fingerprint density at radius 2 is 1.93 bits per heavy atom. The van der Waals surface area contributed by atoms with Crippen LogP contribution in [0, 0.1) is 24.0 Å². The zero-order valence-corrected chi connectivity index (χ0v) is 15.4. The van der Waals surface area contributed by atoms with Crippen molar-refractivity contribution in [2.24, 2.45) is 0 Å². The summed E-state index contributed by atoms with van der Waals surface area (Å²) in [6.07, 6.45) is 2.62. The van der Waals surface area contributed by atoms with E-state index in [0.717, 1.165) is 11.6 Å². The smallest absolute Gasteiger partial charge is 0.331 e. The molecule has 0 radical (unpaired) electrons. The van der Waals surface area contributed by atoms with Gasteiger partial charge in [-0.3, -0.25) is 14.9 Å². The van der Waals surface area contributed by atoms with Crippen molar-refractivity contribution >= 4 is 40.9 Å². The van der Waals surface area contributed by atoms with Crippen LogP contribution >= 0.6 is 11.6 Å². The van der Waals surface area contributed by atoms with Crippen LogP contribution in [-0.2, 0) is 14.3 Å². The second kappa shape index (κ2) is 8.95. The van der Waals surface area contributed by atoms with Gasteiger partial charge in [0.25, 0.3) is 11.6 Å². The first kappa shape index (κ1) is 20.1. The number of hydrogen-bond donors (Lipinski definition) is 1. The summed E-state index contributed by atoms with van der Waals surface area (Å²) >= 11 is 5.97. The van der Waals surface area contributed by atoms with E-state index in [1.807, 2.05) is 0 Å². The highest BCUT2D eigenvalue weighted by Gasteiger charge is 2.19. The van der Waals surface area contributed by atoms with Gasteiger partial charge in [-0.25, -0.2) is 4.79 Å². The average Bonchev–Trinajstić information content (AvgIpc) is 2.63. The molecule has 140 valence electrons. The number of amides is 1. The number of esters is 1. The fourth-order valence-electron chi connectivity index (χ4n) is 2.24. The van der Waals surface area contributed by atoms with E-state index >= 15 is 0 Å². The van der Waals surface area contributed by atoms with Crippen molar-refractivity contribution < 1.29 is 19.2 Å². The number of benzene rings is 2. The van der Waals surface area contributed by atoms with Gasteiger partial charge < -0.3 is 10.1 Å². The molecule has 0 saturated heterocycles. The normalized spacial score (nSPS) is 10.6. The minimum absolute atomic E-state index is 0.0904. The van der Waals surface area contributed by atoms with Crippen LogP contribution in [-0.4, -0.2) is 23.4 Å². The van der Waals surface area contributed by atoms with E-state index < -0.39 is 23.4 Å². The molecule has 8 heteroatoms. The Balaban J connectivity index is 1.99. The number of ether oxygens (including phenoxy) is 1. The molecule has 0 bridgehead atoms. The van der Waals surface area contributed by atoms with Gasteiger partial charge in [-0.1, -0.05) is 35.9 Å². The van der Waals surface area contributed by atoms with E-state index in [1.54, 1.807) is 44.2 Å². The maximum Gasteiger partial charge on any atom is 0.331 e. The summed E-state index contributed by atoms with van der Waals surface area (Å²) in [5, 5.41) is 14.0. The predicted molar refractivity (Wildman–Crippen MR) is 103 cm³/mol. The van der Waals surface area contributed by atoms with Crippen LogP contribution in [0.25, 0.3) is 6.08 Å². The lowest BCUT2D eigenvalue weighted by Gasteiger charge is -2.11. The van der Waals surface area contributed by atoms with Gasteiger partial charge in [0.2, 0.25) is 0 Å². The van der Waals surface area contributed by atoms with Crippen molar-refractivity contribution in [3.63, 3.8) is 0 Å². The molecule has 0 heterocycles. The quantitative estimate of drug-likeness (QED) is 0.348. The van der Waals surface area contributed by atoms with E-state index in [0.29, 0.717) is 16.1 Å². The van der Waals surface area contributed by atoms with Crippen molar-refractivity contribution in [3.8, 4) is 0 Å². The molecule has 7 nitrogen and oxygen atoms in total. The Bertz CT molecular complexity index is 924. The number of nitro groups is 1. The lowest BCUT2D eigenvalue weighted by atomic mass is 10.1. The fraction of sp³-hybridized carbons (Fsp3) is 0.158. The van der Waals surface area contributed by atoms with E-state index in [4.69, 9.17) is 16.3 Å². The molecule has 0 aromatic heterocycles. The van der Waals surface area contributed by atoms with Crippen molar-refractivity contribution in [2.45, 2.75) is 13.8 Å². The average molecular weight is 389 g/mol. The SMILES string of the molecule is Cc1ccc([N+](=O)[O-])c(NC(=O)COC(=O)/C=C/c2ccccc2Cl)c1C. The number of nitrogens with one attached hydrogen (secondary N) is 1. The van der Waals surface area contributed by atoms with Gasteiger partial charge in [0.1, 0.15) is 5.69 Å². The van der Waals surface area contributed by atoms with E-state index in [1.165, 1.54) is 12.1 Å². The fourth-order valence-corrected chi connectivity index (χ4v) is 2.44. The minimum Gasteiger partial charge on any atom is -0.452 e. The zero-order chi connectivity index (χ0) is 20.0. The zero-order valence-electron chi connectivity index (χ0n) is 14.7. The number of carbonyl (C=O) groups is 2. The standard InChI is InChI=1S/C19H17ClN2O5/c1-12-7-9-16(22(25)26)19(13(12)2)21-17(23)11-27-18(24)10-8-14-5-3-4-6-15(14)20/h3-10H,11H2,1-2H3,(H,21,23)/b10-8+. The molecule has 0 aliphatic carbocycles. The Hall–Kier alpha value is -3.19. The van der Waals surface area contributed by atoms with Crippen LogP contribution in [0.1, 0.15) is 16.7 Å². The Morgan fingerprint density at radius 3 is 2.59 bits per heavy atom. The second-order valence-electron chi connectivity index (χ2n) is 5.67. The first-order valence-electron chi connectivity index (χ1n) is 7.93. The van der Waals surface area contributed by atoms with Crippen LogP contribution in [0.3, 0.4) is 0 Å². The summed E-state index contributed by atoms with van der Waals surface area (Å²) < 4.78 is 4.86. The first-order valence-corrected chi connectivity index (χ1v) is 8.31. The van der Waals surface area contributed by atoms with Crippen LogP contribution < -0.4 is 5.32 Å². The molecule has 0 atom stereocenters.